The molecule has 1 unspecified atom stereocenters. The van der Waals surface area contributed by atoms with Crippen LogP contribution in [-0.2, 0) is 0 Å². The molecule has 0 amide bonds. The Bertz CT molecular complexity index is 574. The summed E-state index contributed by atoms with van der Waals surface area (Å²) in [6, 6.07) is 6.42. The van der Waals surface area contributed by atoms with Crippen molar-refractivity contribution >= 4 is 46.5 Å². The first-order chi connectivity index (χ1) is 9.63. The monoisotopic (exact) mass is 345 g/mol. The number of rotatable bonds is 6. The van der Waals surface area contributed by atoms with Crippen LogP contribution in [0.25, 0.3) is 0 Å². The fourth-order valence-corrected chi connectivity index (χ4v) is 4.62. The summed E-state index contributed by atoms with van der Waals surface area (Å²) in [5.41, 5.74) is 1.12. The first kappa shape index (κ1) is 16.1. The van der Waals surface area contributed by atoms with Gasteiger partial charge in [0.25, 0.3) is 0 Å². The molecule has 2 aromatic rings. The molecule has 0 aliphatic carbocycles. The third kappa shape index (κ3) is 4.11. The minimum absolute atomic E-state index is 0.260. The van der Waals surface area contributed by atoms with E-state index in [9.17, 15) is 0 Å². The van der Waals surface area contributed by atoms with Crippen LogP contribution in [0.2, 0.25) is 5.02 Å². The zero-order valence-electron chi connectivity index (χ0n) is 11.5. The predicted octanol–water partition coefficient (Wildman–Crippen LogP) is 4.74. The number of nitrogens with zero attached hydrogens (tertiary/aromatic N) is 2. The topological polar surface area (TPSA) is 37.8 Å². The highest BCUT2D eigenvalue weighted by Crippen LogP contribution is 2.35. The third-order valence-corrected chi connectivity index (χ3v) is 5.98. The first-order valence-electron chi connectivity index (χ1n) is 6.22. The predicted molar refractivity (Wildman–Crippen MR) is 89.4 cm³/mol. The Kier molecular flexibility index (Phi) is 6.17. The molecule has 1 N–H and O–H groups in total. The van der Waals surface area contributed by atoms with E-state index in [0.29, 0.717) is 0 Å². The van der Waals surface area contributed by atoms with Crippen molar-refractivity contribution in [1.82, 2.24) is 15.5 Å². The van der Waals surface area contributed by atoms with Gasteiger partial charge in [0.15, 0.2) is 8.68 Å². The maximum Gasteiger partial charge on any atom is 0.179 e. The summed E-state index contributed by atoms with van der Waals surface area (Å²) in [5.74, 6) is 0. The van der Waals surface area contributed by atoms with Gasteiger partial charge in [0.05, 0.1) is 0 Å². The van der Waals surface area contributed by atoms with E-state index in [-0.39, 0.29) is 6.04 Å². The lowest BCUT2D eigenvalue weighted by atomic mass is 10.1. The lowest BCUT2D eigenvalue weighted by Crippen LogP contribution is -2.17. The Hall–Kier alpha value is -0.270. The number of nitrogens with one attached hydrogen (secondary N) is 1. The van der Waals surface area contributed by atoms with Crippen LogP contribution < -0.4 is 5.32 Å². The van der Waals surface area contributed by atoms with E-state index >= 15 is 0 Å². The largest absolute Gasteiger partial charge is 0.310 e. The van der Waals surface area contributed by atoms with E-state index < -0.39 is 0 Å². The van der Waals surface area contributed by atoms with Gasteiger partial charge < -0.3 is 5.32 Å². The first-order valence-corrected chi connectivity index (χ1v) is 9.45. The maximum absolute atomic E-state index is 6.37. The lowest BCUT2D eigenvalue weighted by Gasteiger charge is -2.14. The number of hydrogen-bond acceptors (Lipinski definition) is 6. The smallest absolute Gasteiger partial charge is 0.179 e. The minimum atomic E-state index is 0.260. The summed E-state index contributed by atoms with van der Waals surface area (Å²) >= 11 is 11.2. The van der Waals surface area contributed by atoms with Crippen molar-refractivity contribution < 1.29 is 0 Å². The van der Waals surface area contributed by atoms with Gasteiger partial charge in [0, 0.05) is 16.0 Å². The number of benzene rings is 1. The number of hydrogen-bond donors (Lipinski definition) is 1. The van der Waals surface area contributed by atoms with Gasteiger partial charge in [-0.3, -0.25) is 0 Å². The molecule has 0 radical (unpaired) electrons. The Morgan fingerprint density at radius 2 is 2.10 bits per heavy atom. The second-order valence-electron chi connectivity index (χ2n) is 4.10. The fraction of sp³-hybridized carbons (Fsp3) is 0.385. The molecule has 3 nitrogen and oxygen atoms in total. The molecule has 0 spiro atoms. The Labute approximate surface area is 136 Å². The molecule has 20 heavy (non-hydrogen) atoms. The van der Waals surface area contributed by atoms with Gasteiger partial charge >= 0.3 is 0 Å². The zero-order valence-corrected chi connectivity index (χ0v) is 14.7. The molecule has 0 fully saturated rings. The number of aromatic nitrogens is 2. The molecule has 0 saturated heterocycles. The summed E-state index contributed by atoms with van der Waals surface area (Å²) in [4.78, 5) is 1.09. The van der Waals surface area contributed by atoms with E-state index in [1.54, 1.807) is 34.9 Å². The summed E-state index contributed by atoms with van der Waals surface area (Å²) in [5, 5.41) is 12.4. The average molecular weight is 346 g/mol. The quantitative estimate of drug-likeness (QED) is 0.766. The van der Waals surface area contributed by atoms with Crippen molar-refractivity contribution in [2.75, 3.05) is 12.8 Å². The van der Waals surface area contributed by atoms with Crippen molar-refractivity contribution in [2.45, 2.75) is 33.5 Å². The normalized spacial score (nSPS) is 12.6. The van der Waals surface area contributed by atoms with Gasteiger partial charge in [-0.1, -0.05) is 59.5 Å². The molecule has 1 aromatic carbocycles. The molecule has 0 bridgehead atoms. The molecule has 0 aliphatic heterocycles. The molecular weight excluding hydrogens is 330 g/mol. The minimum Gasteiger partial charge on any atom is -0.310 e. The van der Waals surface area contributed by atoms with E-state index in [4.69, 9.17) is 11.6 Å². The molecule has 7 heteroatoms. The fourth-order valence-electron chi connectivity index (χ4n) is 1.76. The van der Waals surface area contributed by atoms with Crippen LogP contribution >= 0.6 is 46.5 Å². The molecule has 0 aliphatic rings. The molecular formula is C13H16ClN3S3. The average Bonchev–Trinajstić information content (AvgIpc) is 2.86. The van der Waals surface area contributed by atoms with E-state index in [2.05, 4.69) is 41.5 Å². The lowest BCUT2D eigenvalue weighted by molar-refractivity contribution is 0.598. The number of halogens is 1. The third-order valence-electron chi connectivity index (χ3n) is 2.72. The highest BCUT2D eigenvalue weighted by Gasteiger charge is 2.11. The number of thioether (sulfide) groups is 1. The van der Waals surface area contributed by atoms with Crippen LogP contribution in [0.15, 0.2) is 31.8 Å². The van der Waals surface area contributed by atoms with Crippen LogP contribution in [0.4, 0.5) is 0 Å². The molecule has 1 aromatic heterocycles. The summed E-state index contributed by atoms with van der Waals surface area (Å²) in [6.45, 7) is 5.14. The van der Waals surface area contributed by atoms with Crippen LogP contribution in [0.1, 0.15) is 25.5 Å². The molecule has 108 valence electrons. The second-order valence-corrected chi connectivity index (χ2v) is 7.86. The van der Waals surface area contributed by atoms with Gasteiger partial charge in [0.2, 0.25) is 0 Å². The SMILES string of the molecule is CCNC(C)c1ccc(Sc2nnc(SC)s2)cc1Cl. The molecule has 0 saturated carbocycles. The maximum atomic E-state index is 6.37. The highest BCUT2D eigenvalue weighted by atomic mass is 35.5. The van der Waals surface area contributed by atoms with Crippen molar-refractivity contribution in [3.8, 4) is 0 Å². The highest BCUT2D eigenvalue weighted by molar-refractivity contribution is 8.03. The standard InChI is InChI=1S/C13H16ClN3S3/c1-4-15-8(2)10-6-5-9(7-11(10)14)19-13-17-16-12(18-3)20-13/h5-8,15H,4H2,1-3H3. The summed E-state index contributed by atoms with van der Waals surface area (Å²) in [7, 11) is 0. The molecule has 2 rings (SSSR count). The van der Waals surface area contributed by atoms with E-state index in [0.717, 1.165) is 30.7 Å². The van der Waals surface area contributed by atoms with Crippen LogP contribution in [0, 0.1) is 0 Å². The van der Waals surface area contributed by atoms with Crippen LogP contribution in [0.5, 0.6) is 0 Å². The van der Waals surface area contributed by atoms with Gasteiger partial charge in [-0.05, 0) is 37.4 Å². The van der Waals surface area contributed by atoms with Crippen LogP contribution in [0.3, 0.4) is 0 Å². The second kappa shape index (κ2) is 7.66. The van der Waals surface area contributed by atoms with E-state index in [1.165, 1.54) is 0 Å². The van der Waals surface area contributed by atoms with Crippen molar-refractivity contribution in [3.63, 3.8) is 0 Å². The van der Waals surface area contributed by atoms with Gasteiger partial charge in [-0.2, -0.15) is 0 Å². The van der Waals surface area contributed by atoms with E-state index in [1.807, 2.05) is 12.3 Å². The Balaban J connectivity index is 2.12. The Morgan fingerprint density at radius 1 is 1.35 bits per heavy atom. The van der Waals surface area contributed by atoms with Gasteiger partial charge in [0.1, 0.15) is 0 Å². The van der Waals surface area contributed by atoms with Crippen molar-refractivity contribution in [3.05, 3.63) is 28.8 Å². The summed E-state index contributed by atoms with van der Waals surface area (Å²) < 4.78 is 1.92. The summed E-state index contributed by atoms with van der Waals surface area (Å²) in [6.07, 6.45) is 2.00. The van der Waals surface area contributed by atoms with Gasteiger partial charge in [-0.15, -0.1) is 10.2 Å². The van der Waals surface area contributed by atoms with Gasteiger partial charge in [-0.25, -0.2) is 0 Å². The molecule has 1 heterocycles. The zero-order chi connectivity index (χ0) is 14.5. The molecule has 1 atom stereocenters. The Morgan fingerprint density at radius 3 is 2.70 bits per heavy atom. The van der Waals surface area contributed by atoms with Crippen molar-refractivity contribution in [1.29, 1.82) is 0 Å². The van der Waals surface area contributed by atoms with Crippen LogP contribution in [-0.4, -0.2) is 23.0 Å². The van der Waals surface area contributed by atoms with Crippen molar-refractivity contribution in [2.24, 2.45) is 0 Å².